The molecule has 1 rings (SSSR count). The second kappa shape index (κ2) is 4.98. The Bertz CT molecular complexity index is 281. The van der Waals surface area contributed by atoms with E-state index in [1.54, 1.807) is 13.8 Å². The Kier molecular flexibility index (Phi) is 4.11. The Morgan fingerprint density at radius 1 is 1.25 bits per heavy atom. The largest absolute Gasteiger partial charge is 0.481 e. The maximum absolute atomic E-state index is 11.9. The van der Waals surface area contributed by atoms with Crippen LogP contribution in [0.15, 0.2) is 0 Å². The molecule has 0 aromatic rings. The second-order valence-corrected chi connectivity index (χ2v) is 5.34. The Labute approximate surface area is 97.2 Å². The van der Waals surface area contributed by atoms with E-state index in [-0.39, 0.29) is 17.6 Å². The Morgan fingerprint density at radius 3 is 2.31 bits per heavy atom. The SMILES string of the molecule is CCC(=O)[C@H]1CCCC[C@@H]1C(C)(C)C(=O)O. The van der Waals surface area contributed by atoms with Crippen molar-refractivity contribution in [3.05, 3.63) is 0 Å². The van der Waals surface area contributed by atoms with Crippen molar-refractivity contribution in [2.45, 2.75) is 52.9 Å². The van der Waals surface area contributed by atoms with Gasteiger partial charge >= 0.3 is 5.97 Å². The fraction of sp³-hybridized carbons (Fsp3) is 0.846. The number of hydrogen-bond acceptors (Lipinski definition) is 2. The van der Waals surface area contributed by atoms with Crippen LogP contribution < -0.4 is 0 Å². The van der Waals surface area contributed by atoms with Gasteiger partial charge in [0, 0.05) is 12.3 Å². The van der Waals surface area contributed by atoms with Gasteiger partial charge in [-0.15, -0.1) is 0 Å². The Morgan fingerprint density at radius 2 is 1.81 bits per heavy atom. The van der Waals surface area contributed by atoms with Crippen LogP contribution in [0.3, 0.4) is 0 Å². The molecule has 0 aromatic carbocycles. The summed E-state index contributed by atoms with van der Waals surface area (Å²) < 4.78 is 0. The highest BCUT2D eigenvalue weighted by Gasteiger charge is 2.44. The van der Waals surface area contributed by atoms with Crippen molar-refractivity contribution in [3.63, 3.8) is 0 Å². The smallest absolute Gasteiger partial charge is 0.309 e. The number of hydrogen-bond donors (Lipinski definition) is 1. The molecular formula is C13H22O3. The zero-order chi connectivity index (χ0) is 12.3. The summed E-state index contributed by atoms with van der Waals surface area (Å²) in [4.78, 5) is 23.1. The first-order valence-corrected chi connectivity index (χ1v) is 6.17. The highest BCUT2D eigenvalue weighted by molar-refractivity contribution is 5.83. The molecule has 1 aliphatic rings. The number of carbonyl (C=O) groups is 2. The van der Waals surface area contributed by atoms with Crippen molar-refractivity contribution < 1.29 is 14.7 Å². The zero-order valence-electron chi connectivity index (χ0n) is 10.5. The van der Waals surface area contributed by atoms with E-state index in [0.717, 1.165) is 25.7 Å². The van der Waals surface area contributed by atoms with Crippen LogP contribution in [0, 0.1) is 17.3 Å². The minimum atomic E-state index is -0.784. The van der Waals surface area contributed by atoms with Crippen LogP contribution in [0.5, 0.6) is 0 Å². The maximum Gasteiger partial charge on any atom is 0.309 e. The lowest BCUT2D eigenvalue weighted by Gasteiger charge is -2.39. The predicted octanol–water partition coefficient (Wildman–Crippen LogP) is 2.88. The van der Waals surface area contributed by atoms with Crippen LogP contribution in [-0.4, -0.2) is 16.9 Å². The van der Waals surface area contributed by atoms with Crippen LogP contribution in [0.25, 0.3) is 0 Å². The summed E-state index contributed by atoms with van der Waals surface area (Å²) in [5.41, 5.74) is -0.782. The fourth-order valence-corrected chi connectivity index (χ4v) is 2.80. The number of Topliss-reactive ketones (excluding diaryl/α,β-unsaturated/α-hetero) is 1. The Balaban J connectivity index is 2.90. The van der Waals surface area contributed by atoms with E-state index in [1.807, 2.05) is 6.92 Å². The predicted molar refractivity (Wildman–Crippen MR) is 62.2 cm³/mol. The maximum atomic E-state index is 11.9. The molecular weight excluding hydrogens is 204 g/mol. The van der Waals surface area contributed by atoms with Crippen molar-refractivity contribution in [1.29, 1.82) is 0 Å². The first kappa shape index (κ1) is 13.2. The molecule has 0 spiro atoms. The fourth-order valence-electron chi connectivity index (χ4n) is 2.80. The quantitative estimate of drug-likeness (QED) is 0.802. The van der Waals surface area contributed by atoms with Crippen molar-refractivity contribution >= 4 is 11.8 Å². The molecule has 1 saturated carbocycles. The summed E-state index contributed by atoms with van der Waals surface area (Å²) in [6, 6.07) is 0. The van der Waals surface area contributed by atoms with Crippen LogP contribution in [-0.2, 0) is 9.59 Å². The lowest BCUT2D eigenvalue weighted by Crippen LogP contribution is -2.41. The van der Waals surface area contributed by atoms with Crippen LogP contribution >= 0.6 is 0 Å². The van der Waals surface area contributed by atoms with Gasteiger partial charge < -0.3 is 5.11 Å². The molecule has 0 amide bonds. The highest BCUT2D eigenvalue weighted by atomic mass is 16.4. The third kappa shape index (κ3) is 2.45. The molecule has 92 valence electrons. The molecule has 0 bridgehead atoms. The van der Waals surface area contributed by atoms with Gasteiger partial charge in [-0.25, -0.2) is 0 Å². The minimum Gasteiger partial charge on any atom is -0.481 e. The first-order valence-electron chi connectivity index (χ1n) is 6.17. The normalized spacial score (nSPS) is 26.4. The molecule has 1 fully saturated rings. The highest BCUT2D eigenvalue weighted by Crippen LogP contribution is 2.43. The molecule has 0 radical (unpaired) electrons. The molecule has 1 N–H and O–H groups in total. The van der Waals surface area contributed by atoms with Crippen LogP contribution in [0.1, 0.15) is 52.9 Å². The summed E-state index contributed by atoms with van der Waals surface area (Å²) >= 11 is 0. The van der Waals surface area contributed by atoms with E-state index in [4.69, 9.17) is 0 Å². The van der Waals surface area contributed by atoms with E-state index < -0.39 is 11.4 Å². The molecule has 3 nitrogen and oxygen atoms in total. The van der Waals surface area contributed by atoms with E-state index in [0.29, 0.717) is 6.42 Å². The number of rotatable bonds is 4. The van der Waals surface area contributed by atoms with Gasteiger partial charge in [0.05, 0.1) is 5.41 Å². The van der Waals surface area contributed by atoms with E-state index in [2.05, 4.69) is 0 Å². The average Bonchev–Trinajstić information content (AvgIpc) is 2.27. The monoisotopic (exact) mass is 226 g/mol. The molecule has 0 heterocycles. The first-order chi connectivity index (χ1) is 7.41. The lowest BCUT2D eigenvalue weighted by atomic mass is 9.64. The molecule has 0 aromatic heterocycles. The molecule has 0 aliphatic heterocycles. The topological polar surface area (TPSA) is 54.4 Å². The molecule has 1 aliphatic carbocycles. The van der Waals surface area contributed by atoms with Gasteiger partial charge in [0.2, 0.25) is 0 Å². The number of carboxylic acids is 1. The number of carbonyl (C=O) groups excluding carboxylic acids is 1. The molecule has 2 atom stereocenters. The Hall–Kier alpha value is -0.860. The summed E-state index contributed by atoms with van der Waals surface area (Å²) in [6.45, 7) is 5.37. The van der Waals surface area contributed by atoms with Gasteiger partial charge in [-0.05, 0) is 32.6 Å². The van der Waals surface area contributed by atoms with E-state index >= 15 is 0 Å². The van der Waals surface area contributed by atoms with Gasteiger partial charge in [0.25, 0.3) is 0 Å². The lowest BCUT2D eigenvalue weighted by molar-refractivity contribution is -0.153. The summed E-state index contributed by atoms with van der Waals surface area (Å²) in [5.74, 6) is -0.580. The van der Waals surface area contributed by atoms with Gasteiger partial charge in [0.1, 0.15) is 5.78 Å². The van der Waals surface area contributed by atoms with Gasteiger partial charge in [-0.2, -0.15) is 0 Å². The van der Waals surface area contributed by atoms with Crippen molar-refractivity contribution in [2.24, 2.45) is 17.3 Å². The third-order valence-electron chi connectivity index (χ3n) is 4.01. The van der Waals surface area contributed by atoms with E-state index in [9.17, 15) is 14.7 Å². The van der Waals surface area contributed by atoms with Crippen molar-refractivity contribution in [3.8, 4) is 0 Å². The van der Waals surface area contributed by atoms with Crippen LogP contribution in [0.4, 0.5) is 0 Å². The molecule has 0 unspecified atom stereocenters. The van der Waals surface area contributed by atoms with E-state index in [1.165, 1.54) is 0 Å². The molecule has 16 heavy (non-hydrogen) atoms. The van der Waals surface area contributed by atoms with Gasteiger partial charge in [-0.1, -0.05) is 19.8 Å². The molecule has 3 heteroatoms. The van der Waals surface area contributed by atoms with Gasteiger partial charge in [0.15, 0.2) is 0 Å². The second-order valence-electron chi connectivity index (χ2n) is 5.34. The van der Waals surface area contributed by atoms with Crippen LogP contribution in [0.2, 0.25) is 0 Å². The summed E-state index contributed by atoms with van der Waals surface area (Å²) in [5, 5.41) is 9.25. The number of aliphatic carboxylic acids is 1. The average molecular weight is 226 g/mol. The zero-order valence-corrected chi connectivity index (χ0v) is 10.5. The standard InChI is InChI=1S/C13H22O3/c1-4-11(14)9-7-5-6-8-10(9)13(2,3)12(15)16/h9-10H,4-8H2,1-3H3,(H,15,16)/t9-,10-/m0/s1. The summed E-state index contributed by atoms with van der Waals surface area (Å²) in [7, 11) is 0. The number of ketones is 1. The van der Waals surface area contributed by atoms with Crippen molar-refractivity contribution in [1.82, 2.24) is 0 Å². The number of carboxylic acid groups (broad SMARTS) is 1. The third-order valence-corrected chi connectivity index (χ3v) is 4.01. The minimum absolute atomic E-state index is 0.00574. The summed E-state index contributed by atoms with van der Waals surface area (Å²) in [6.07, 6.45) is 4.37. The van der Waals surface area contributed by atoms with Crippen molar-refractivity contribution in [2.75, 3.05) is 0 Å². The van der Waals surface area contributed by atoms with Gasteiger partial charge in [-0.3, -0.25) is 9.59 Å². The molecule has 0 saturated heterocycles.